The predicted molar refractivity (Wildman–Crippen MR) is 105 cm³/mol. The molecule has 2 aromatic heterocycles. The molecule has 1 aliphatic heterocycles. The SMILES string of the molecule is COC1(c2ccc(C(=O)CSc3nc(C(F)(F)F)nc4ccccc34)s2)CNC1. The number of methoxy groups -OCH3 is 1. The molecular formula is C19H16F3N3O2S2. The van der Waals surface area contributed by atoms with Gasteiger partial charge in [-0.15, -0.1) is 11.3 Å². The van der Waals surface area contributed by atoms with Crippen LogP contribution in [-0.2, 0) is 16.5 Å². The molecule has 0 saturated carbocycles. The zero-order chi connectivity index (χ0) is 20.6. The Bertz CT molecular complexity index is 1060. The minimum atomic E-state index is -4.66. The van der Waals surface area contributed by atoms with E-state index in [0.717, 1.165) is 16.6 Å². The summed E-state index contributed by atoms with van der Waals surface area (Å²) < 4.78 is 45.0. The zero-order valence-corrected chi connectivity index (χ0v) is 16.9. The van der Waals surface area contributed by atoms with Crippen LogP contribution in [0.3, 0.4) is 0 Å². The lowest BCUT2D eigenvalue weighted by Crippen LogP contribution is -2.57. The molecule has 3 aromatic rings. The summed E-state index contributed by atoms with van der Waals surface area (Å²) in [7, 11) is 1.64. The van der Waals surface area contributed by atoms with E-state index in [1.54, 1.807) is 31.4 Å². The maximum atomic E-state index is 13.1. The molecule has 0 atom stereocenters. The number of para-hydroxylation sites is 1. The van der Waals surface area contributed by atoms with Crippen molar-refractivity contribution in [3.63, 3.8) is 0 Å². The standard InChI is InChI=1S/C19H16F3N3O2S2/c1-27-18(9-23-10-18)15-7-6-14(29-15)13(26)8-28-16-11-4-2-3-5-12(11)24-17(25-16)19(20,21)22/h2-7,23H,8-10H2,1H3. The molecule has 5 nitrogen and oxygen atoms in total. The number of nitrogens with zero attached hydrogens (tertiary/aromatic N) is 2. The molecule has 29 heavy (non-hydrogen) atoms. The predicted octanol–water partition coefficient (Wildman–Crippen LogP) is 4.13. The van der Waals surface area contributed by atoms with Crippen molar-refractivity contribution in [1.82, 2.24) is 15.3 Å². The van der Waals surface area contributed by atoms with Gasteiger partial charge in [-0.05, 0) is 18.2 Å². The third-order valence-corrected chi connectivity index (χ3v) is 7.01. The summed E-state index contributed by atoms with van der Waals surface area (Å²) in [5, 5.41) is 3.79. The van der Waals surface area contributed by atoms with Crippen LogP contribution in [0.25, 0.3) is 10.9 Å². The van der Waals surface area contributed by atoms with Gasteiger partial charge in [0.2, 0.25) is 5.82 Å². The third-order valence-electron chi connectivity index (χ3n) is 4.70. The number of ketones is 1. The van der Waals surface area contributed by atoms with E-state index in [2.05, 4.69) is 15.3 Å². The smallest absolute Gasteiger partial charge is 0.370 e. The fourth-order valence-corrected chi connectivity index (χ4v) is 5.10. The number of nitrogens with one attached hydrogen (secondary N) is 1. The summed E-state index contributed by atoms with van der Waals surface area (Å²) >= 11 is 2.34. The molecule has 1 aromatic carbocycles. The van der Waals surface area contributed by atoms with Gasteiger partial charge in [0, 0.05) is 30.5 Å². The molecular weight excluding hydrogens is 423 g/mol. The number of fused-ring (bicyclic) bond motifs is 1. The number of carbonyl (C=O) groups excluding carboxylic acids is 1. The van der Waals surface area contributed by atoms with Crippen molar-refractivity contribution in [1.29, 1.82) is 0 Å². The number of thiophene rings is 1. The van der Waals surface area contributed by atoms with E-state index < -0.39 is 17.6 Å². The maximum Gasteiger partial charge on any atom is 0.451 e. The number of halogens is 3. The second kappa shape index (κ2) is 7.67. The van der Waals surface area contributed by atoms with Crippen molar-refractivity contribution in [2.45, 2.75) is 16.8 Å². The lowest BCUT2D eigenvalue weighted by molar-refractivity contribution is -0.145. The van der Waals surface area contributed by atoms with Crippen LogP contribution >= 0.6 is 23.1 Å². The number of ether oxygens (including phenoxy) is 1. The number of hydrogen-bond donors (Lipinski definition) is 1. The van der Waals surface area contributed by atoms with Crippen molar-refractivity contribution in [2.75, 3.05) is 26.0 Å². The van der Waals surface area contributed by atoms with Gasteiger partial charge in [-0.2, -0.15) is 13.2 Å². The summed E-state index contributed by atoms with van der Waals surface area (Å²) in [5.74, 6) is -1.39. The van der Waals surface area contributed by atoms with Crippen LogP contribution < -0.4 is 5.32 Å². The third kappa shape index (κ3) is 3.89. The lowest BCUT2D eigenvalue weighted by atomic mass is 9.95. The van der Waals surface area contributed by atoms with Crippen molar-refractivity contribution in [3.05, 3.63) is 52.0 Å². The van der Waals surface area contributed by atoms with Gasteiger partial charge in [0.15, 0.2) is 5.78 Å². The minimum Gasteiger partial charge on any atom is -0.370 e. The normalized spacial score (nSPS) is 16.0. The topological polar surface area (TPSA) is 64.1 Å². The van der Waals surface area contributed by atoms with Crippen LogP contribution in [0.2, 0.25) is 0 Å². The zero-order valence-electron chi connectivity index (χ0n) is 15.2. The van der Waals surface area contributed by atoms with E-state index >= 15 is 0 Å². The molecule has 3 heterocycles. The van der Waals surface area contributed by atoms with Gasteiger partial charge in [-0.1, -0.05) is 30.0 Å². The van der Waals surface area contributed by atoms with Crippen LogP contribution in [0.4, 0.5) is 13.2 Å². The van der Waals surface area contributed by atoms with Crippen molar-refractivity contribution in [2.24, 2.45) is 0 Å². The van der Waals surface area contributed by atoms with E-state index in [-0.39, 0.29) is 22.1 Å². The highest BCUT2D eigenvalue weighted by Crippen LogP contribution is 2.36. The van der Waals surface area contributed by atoms with Gasteiger partial charge < -0.3 is 10.1 Å². The fraction of sp³-hybridized carbons (Fsp3) is 0.316. The number of aromatic nitrogens is 2. The Labute approximate surface area is 172 Å². The molecule has 1 N–H and O–H groups in total. The van der Waals surface area contributed by atoms with Crippen molar-refractivity contribution in [3.8, 4) is 0 Å². The summed E-state index contributed by atoms with van der Waals surface area (Å²) in [6, 6.07) is 10.1. The molecule has 1 fully saturated rings. The number of rotatable bonds is 6. The molecule has 1 aliphatic rings. The van der Waals surface area contributed by atoms with Crippen molar-refractivity contribution < 1.29 is 22.7 Å². The minimum absolute atomic E-state index is 0.0174. The molecule has 4 rings (SSSR count). The molecule has 0 spiro atoms. The molecule has 0 bridgehead atoms. The van der Waals surface area contributed by atoms with Gasteiger partial charge >= 0.3 is 6.18 Å². The number of Topliss-reactive ketones (excluding diaryl/α,β-unsaturated/α-hetero) is 1. The Morgan fingerprint density at radius 2 is 2.00 bits per heavy atom. The number of thioether (sulfide) groups is 1. The van der Waals surface area contributed by atoms with E-state index in [1.807, 2.05) is 6.07 Å². The van der Waals surface area contributed by atoms with Crippen molar-refractivity contribution >= 4 is 39.8 Å². The first-order valence-corrected chi connectivity index (χ1v) is 10.5. The summed E-state index contributed by atoms with van der Waals surface area (Å²) in [4.78, 5) is 21.4. The monoisotopic (exact) mass is 439 g/mol. The van der Waals surface area contributed by atoms with E-state index in [1.165, 1.54) is 17.4 Å². The van der Waals surface area contributed by atoms with Gasteiger partial charge in [-0.25, -0.2) is 9.97 Å². The summed E-state index contributed by atoms with van der Waals surface area (Å²) in [5.41, 5.74) is -0.205. The Kier molecular flexibility index (Phi) is 5.36. The lowest BCUT2D eigenvalue weighted by Gasteiger charge is -2.40. The van der Waals surface area contributed by atoms with Crippen LogP contribution in [0.15, 0.2) is 41.4 Å². The van der Waals surface area contributed by atoms with E-state index in [0.29, 0.717) is 23.4 Å². The average Bonchev–Trinajstić information content (AvgIpc) is 3.15. The first-order valence-electron chi connectivity index (χ1n) is 8.68. The number of hydrogen-bond acceptors (Lipinski definition) is 7. The Hall–Kier alpha value is -2.01. The maximum absolute atomic E-state index is 13.1. The largest absolute Gasteiger partial charge is 0.451 e. The summed E-state index contributed by atoms with van der Waals surface area (Å²) in [6.45, 7) is 1.36. The molecule has 0 unspecified atom stereocenters. The molecule has 0 radical (unpaired) electrons. The Balaban J connectivity index is 1.55. The second-order valence-electron chi connectivity index (χ2n) is 6.54. The fourth-order valence-electron chi connectivity index (χ4n) is 2.99. The highest BCUT2D eigenvalue weighted by Gasteiger charge is 2.40. The van der Waals surface area contributed by atoms with Crippen LogP contribution in [0.5, 0.6) is 0 Å². The highest BCUT2D eigenvalue weighted by atomic mass is 32.2. The highest BCUT2D eigenvalue weighted by molar-refractivity contribution is 8.00. The second-order valence-corrected chi connectivity index (χ2v) is 8.59. The van der Waals surface area contributed by atoms with Crippen LogP contribution in [0, 0.1) is 0 Å². The van der Waals surface area contributed by atoms with Gasteiger partial charge in [0.25, 0.3) is 0 Å². The van der Waals surface area contributed by atoms with Gasteiger partial charge in [0.05, 0.1) is 16.1 Å². The van der Waals surface area contributed by atoms with E-state index in [4.69, 9.17) is 4.74 Å². The van der Waals surface area contributed by atoms with Crippen LogP contribution in [0.1, 0.15) is 20.4 Å². The molecule has 152 valence electrons. The number of carbonyl (C=O) groups is 1. The first-order chi connectivity index (χ1) is 13.8. The van der Waals surface area contributed by atoms with E-state index in [9.17, 15) is 18.0 Å². The first kappa shape index (κ1) is 20.3. The molecule has 0 amide bonds. The van der Waals surface area contributed by atoms with Gasteiger partial charge in [0.1, 0.15) is 10.6 Å². The van der Waals surface area contributed by atoms with Gasteiger partial charge in [-0.3, -0.25) is 4.79 Å². The quantitative estimate of drug-likeness (QED) is 0.354. The average molecular weight is 439 g/mol. The molecule has 0 aliphatic carbocycles. The molecule has 10 heteroatoms. The Morgan fingerprint density at radius 1 is 1.24 bits per heavy atom. The summed E-state index contributed by atoms with van der Waals surface area (Å²) in [6.07, 6.45) is -4.66. The van der Waals surface area contributed by atoms with Crippen LogP contribution in [-0.4, -0.2) is 41.7 Å². The Morgan fingerprint density at radius 3 is 2.66 bits per heavy atom. The number of alkyl halides is 3. The molecule has 1 saturated heterocycles. The number of benzene rings is 1.